The minimum absolute atomic E-state index is 0.174. The second-order valence-electron chi connectivity index (χ2n) is 7.77. The number of aromatic carboxylic acids is 1. The van der Waals surface area contributed by atoms with Gasteiger partial charge < -0.3 is 5.11 Å². The molecule has 3 aromatic rings. The van der Waals surface area contributed by atoms with Crippen molar-refractivity contribution in [3.05, 3.63) is 91.2 Å². The molecule has 7 nitrogen and oxygen atoms in total. The first kappa shape index (κ1) is 22.8. The molecule has 9 heteroatoms. The highest BCUT2D eigenvalue weighted by atomic mass is 32.2. The molecule has 1 aromatic heterocycles. The Morgan fingerprint density at radius 2 is 1.88 bits per heavy atom. The van der Waals surface area contributed by atoms with Gasteiger partial charge in [-0.2, -0.15) is 5.10 Å². The Hall–Kier alpha value is -3.43. The maximum Gasteiger partial charge on any atom is 0.335 e. The minimum atomic E-state index is -0.956. The van der Waals surface area contributed by atoms with Crippen LogP contribution in [0.3, 0.4) is 0 Å². The van der Waals surface area contributed by atoms with E-state index < -0.39 is 5.97 Å². The number of carboxylic acid groups (broad SMARTS) is 1. The van der Waals surface area contributed by atoms with Crippen molar-refractivity contribution in [2.75, 3.05) is 6.54 Å². The quantitative estimate of drug-likeness (QED) is 0.415. The molecule has 2 N–H and O–H groups in total. The predicted molar refractivity (Wildman–Crippen MR) is 136 cm³/mol. The first-order chi connectivity index (χ1) is 15.7. The SMILES string of the molecule is Cc1ccc(-n2[nH]c(C)c(C=NN3CC(=Cc4ccc(C(=O)O)cc4)SC3=S)c2=O)cc1C. The van der Waals surface area contributed by atoms with Crippen LogP contribution in [0, 0.1) is 20.8 Å². The zero-order chi connectivity index (χ0) is 23.7. The zero-order valence-corrected chi connectivity index (χ0v) is 20.0. The number of thiocarbonyl (C=S) groups is 1. The predicted octanol–water partition coefficient (Wildman–Crippen LogP) is 4.50. The lowest BCUT2D eigenvalue weighted by atomic mass is 10.1. The molecular formula is C24H22N4O3S2. The van der Waals surface area contributed by atoms with Gasteiger partial charge in [-0.15, -0.1) is 0 Å². The van der Waals surface area contributed by atoms with Gasteiger partial charge in [-0.3, -0.25) is 9.89 Å². The van der Waals surface area contributed by atoms with Crippen molar-refractivity contribution in [2.24, 2.45) is 5.10 Å². The summed E-state index contributed by atoms with van der Waals surface area (Å²) in [6.45, 7) is 6.36. The second kappa shape index (κ2) is 9.21. The number of nitrogens with one attached hydrogen (secondary N) is 1. The number of hydrazone groups is 1. The van der Waals surface area contributed by atoms with E-state index >= 15 is 0 Å². The minimum Gasteiger partial charge on any atom is -0.478 e. The molecule has 4 rings (SSSR count). The van der Waals surface area contributed by atoms with Gasteiger partial charge in [-0.05, 0) is 67.8 Å². The number of hydrogen-bond donors (Lipinski definition) is 2. The summed E-state index contributed by atoms with van der Waals surface area (Å²) >= 11 is 6.87. The molecule has 168 valence electrons. The van der Waals surface area contributed by atoms with E-state index in [1.807, 2.05) is 45.0 Å². The maximum atomic E-state index is 13.0. The summed E-state index contributed by atoms with van der Waals surface area (Å²) < 4.78 is 2.11. The van der Waals surface area contributed by atoms with E-state index in [0.29, 0.717) is 22.1 Å². The fourth-order valence-electron chi connectivity index (χ4n) is 3.37. The van der Waals surface area contributed by atoms with Crippen LogP contribution in [0.25, 0.3) is 11.8 Å². The highest BCUT2D eigenvalue weighted by Crippen LogP contribution is 2.31. The van der Waals surface area contributed by atoms with Gasteiger partial charge >= 0.3 is 5.97 Å². The van der Waals surface area contributed by atoms with Gasteiger partial charge in [0.05, 0.1) is 29.6 Å². The number of thioether (sulfide) groups is 1. The Balaban J connectivity index is 1.53. The number of aromatic nitrogens is 2. The molecule has 0 saturated carbocycles. The summed E-state index contributed by atoms with van der Waals surface area (Å²) in [6, 6.07) is 12.5. The zero-order valence-electron chi connectivity index (χ0n) is 18.3. The van der Waals surface area contributed by atoms with Gasteiger partial charge in [-0.1, -0.05) is 42.2 Å². The molecule has 0 radical (unpaired) electrons. The largest absolute Gasteiger partial charge is 0.478 e. The van der Waals surface area contributed by atoms with Gasteiger partial charge in [0.25, 0.3) is 5.56 Å². The van der Waals surface area contributed by atoms with E-state index in [4.69, 9.17) is 17.3 Å². The number of H-pyrrole nitrogens is 1. The van der Waals surface area contributed by atoms with Crippen molar-refractivity contribution < 1.29 is 9.90 Å². The number of hydrogen-bond acceptors (Lipinski definition) is 5. The lowest BCUT2D eigenvalue weighted by molar-refractivity contribution is 0.0697. The van der Waals surface area contributed by atoms with Crippen LogP contribution in [0.5, 0.6) is 0 Å². The molecule has 33 heavy (non-hydrogen) atoms. The maximum absolute atomic E-state index is 13.0. The van der Waals surface area contributed by atoms with E-state index in [9.17, 15) is 9.59 Å². The first-order valence-corrected chi connectivity index (χ1v) is 11.4. The van der Waals surface area contributed by atoms with Crippen molar-refractivity contribution >= 4 is 46.6 Å². The summed E-state index contributed by atoms with van der Waals surface area (Å²) in [5, 5.41) is 18.3. The van der Waals surface area contributed by atoms with Crippen LogP contribution < -0.4 is 5.56 Å². The second-order valence-corrected chi connectivity index (χ2v) is 9.53. The molecule has 2 heterocycles. The summed E-state index contributed by atoms with van der Waals surface area (Å²) in [6.07, 6.45) is 3.50. The third-order valence-corrected chi connectivity index (χ3v) is 6.77. The van der Waals surface area contributed by atoms with Crippen molar-refractivity contribution in [1.82, 2.24) is 14.8 Å². The molecule has 1 aliphatic heterocycles. The lowest BCUT2D eigenvalue weighted by Crippen LogP contribution is -2.19. The monoisotopic (exact) mass is 478 g/mol. The van der Waals surface area contributed by atoms with Crippen molar-refractivity contribution in [2.45, 2.75) is 20.8 Å². The molecule has 1 aliphatic rings. The van der Waals surface area contributed by atoms with E-state index in [-0.39, 0.29) is 11.1 Å². The van der Waals surface area contributed by atoms with Gasteiger partial charge in [-0.25, -0.2) is 14.5 Å². The Kier molecular flexibility index (Phi) is 6.35. The average molecular weight is 479 g/mol. The number of carbonyl (C=O) groups is 1. The average Bonchev–Trinajstić information content (AvgIpc) is 3.27. The van der Waals surface area contributed by atoms with Gasteiger partial charge in [0, 0.05) is 10.6 Å². The molecule has 0 atom stereocenters. The van der Waals surface area contributed by atoms with E-state index in [1.165, 1.54) is 22.0 Å². The molecule has 0 spiro atoms. The molecule has 0 unspecified atom stereocenters. The number of rotatable bonds is 5. The van der Waals surface area contributed by atoms with E-state index in [0.717, 1.165) is 21.7 Å². The number of carboxylic acids is 1. The topological polar surface area (TPSA) is 90.7 Å². The van der Waals surface area contributed by atoms with Crippen LogP contribution in [-0.4, -0.2) is 42.9 Å². The van der Waals surface area contributed by atoms with Crippen LogP contribution in [-0.2, 0) is 0 Å². The third kappa shape index (κ3) is 4.84. The fourth-order valence-corrected chi connectivity index (χ4v) is 4.62. The number of aryl methyl sites for hydroxylation is 3. The van der Waals surface area contributed by atoms with Crippen molar-refractivity contribution in [3.8, 4) is 5.69 Å². The first-order valence-electron chi connectivity index (χ1n) is 10.2. The molecule has 0 aliphatic carbocycles. The highest BCUT2D eigenvalue weighted by molar-refractivity contribution is 8.25. The van der Waals surface area contributed by atoms with Crippen molar-refractivity contribution in [1.29, 1.82) is 0 Å². The Morgan fingerprint density at radius 3 is 2.55 bits per heavy atom. The number of nitrogens with zero attached hydrogens (tertiary/aromatic N) is 3. The van der Waals surface area contributed by atoms with Gasteiger partial charge in [0.2, 0.25) is 0 Å². The van der Waals surface area contributed by atoms with E-state index in [2.05, 4.69) is 10.2 Å². The van der Waals surface area contributed by atoms with Crippen LogP contribution in [0.4, 0.5) is 0 Å². The van der Waals surface area contributed by atoms with Crippen LogP contribution in [0.1, 0.15) is 38.3 Å². The lowest BCUT2D eigenvalue weighted by Gasteiger charge is -2.07. The molecular weight excluding hydrogens is 456 g/mol. The smallest absolute Gasteiger partial charge is 0.335 e. The molecule has 2 aromatic carbocycles. The van der Waals surface area contributed by atoms with E-state index in [1.54, 1.807) is 35.5 Å². The highest BCUT2D eigenvalue weighted by Gasteiger charge is 2.22. The third-order valence-electron chi connectivity index (χ3n) is 5.41. The molecule has 1 fully saturated rings. The van der Waals surface area contributed by atoms with Crippen LogP contribution >= 0.6 is 24.0 Å². The number of aromatic amines is 1. The Labute approximate surface area is 200 Å². The number of benzene rings is 2. The summed E-state index contributed by atoms with van der Waals surface area (Å²) in [7, 11) is 0. The summed E-state index contributed by atoms with van der Waals surface area (Å²) in [4.78, 5) is 25.0. The summed E-state index contributed by atoms with van der Waals surface area (Å²) in [5.41, 5.74) is 5.19. The van der Waals surface area contributed by atoms with Gasteiger partial charge in [0.15, 0.2) is 4.32 Å². The Bertz CT molecular complexity index is 1370. The van der Waals surface area contributed by atoms with Crippen LogP contribution in [0.15, 0.2) is 57.3 Å². The summed E-state index contributed by atoms with van der Waals surface area (Å²) in [5.74, 6) is -0.956. The molecule has 0 bridgehead atoms. The fraction of sp³-hybridized carbons (Fsp3) is 0.167. The van der Waals surface area contributed by atoms with Crippen LogP contribution in [0.2, 0.25) is 0 Å². The Morgan fingerprint density at radius 1 is 1.15 bits per heavy atom. The van der Waals surface area contributed by atoms with Crippen molar-refractivity contribution in [3.63, 3.8) is 0 Å². The molecule has 1 saturated heterocycles. The standard InChI is InChI=1S/C24H22N4O3S2/c1-14-4-9-19(10-15(14)2)28-22(29)21(16(3)26-28)12-25-27-13-20(33-24(27)32)11-17-5-7-18(8-6-17)23(30)31/h4-12,26H,13H2,1-3H3,(H,30,31). The molecule has 0 amide bonds. The normalized spacial score (nSPS) is 15.2. The van der Waals surface area contributed by atoms with Gasteiger partial charge in [0.1, 0.15) is 0 Å².